The van der Waals surface area contributed by atoms with Gasteiger partial charge < -0.3 is 10.2 Å². The molecule has 0 aromatic rings. The van der Waals surface area contributed by atoms with Crippen LogP contribution < -0.4 is 10.7 Å². The molecule has 2 unspecified atom stereocenters. The molecule has 0 aromatic heterocycles. The van der Waals surface area contributed by atoms with Gasteiger partial charge in [0.15, 0.2) is 0 Å². The number of imide groups is 1. The number of likely N-dealkylation sites (tertiary alicyclic amines) is 1. The fourth-order valence-corrected chi connectivity index (χ4v) is 4.22. The number of hydrogen-bond acceptors (Lipinski definition) is 4. The van der Waals surface area contributed by atoms with Gasteiger partial charge in [0.1, 0.15) is 5.54 Å². The Morgan fingerprint density at radius 1 is 1.10 bits per heavy atom. The normalized spacial score (nSPS) is 27.2. The number of rotatable bonds is 9. The average Bonchev–Trinajstić information content (AvgIpc) is 3.53. The lowest BCUT2D eigenvalue weighted by Gasteiger charge is -2.32. The molecule has 2 heterocycles. The molecule has 1 saturated carbocycles. The Labute approximate surface area is 172 Å². The number of piperidine rings is 1. The maximum Gasteiger partial charge on any atom is 0.344 e. The first kappa shape index (κ1) is 21.6. The van der Waals surface area contributed by atoms with Crippen molar-refractivity contribution >= 4 is 23.8 Å². The van der Waals surface area contributed by atoms with Crippen molar-refractivity contribution in [2.75, 3.05) is 13.1 Å². The Morgan fingerprint density at radius 2 is 1.83 bits per heavy atom. The van der Waals surface area contributed by atoms with E-state index < -0.39 is 23.4 Å². The third-order valence-corrected chi connectivity index (χ3v) is 6.29. The molecule has 2 atom stereocenters. The molecule has 8 nitrogen and oxygen atoms in total. The number of hydrogen-bond donors (Lipinski definition) is 2. The van der Waals surface area contributed by atoms with Crippen molar-refractivity contribution in [3.63, 3.8) is 0 Å². The van der Waals surface area contributed by atoms with E-state index >= 15 is 0 Å². The van der Waals surface area contributed by atoms with Crippen molar-refractivity contribution in [1.29, 1.82) is 0 Å². The molecule has 0 aromatic carbocycles. The fraction of sp³-hybridized carbons (Fsp3) is 0.810. The zero-order valence-corrected chi connectivity index (χ0v) is 17.7. The number of carbonyl (C=O) groups excluding carboxylic acids is 4. The zero-order chi connectivity index (χ0) is 21.0. The highest BCUT2D eigenvalue weighted by molar-refractivity contribution is 6.07. The molecule has 2 saturated heterocycles. The van der Waals surface area contributed by atoms with Gasteiger partial charge in [0, 0.05) is 19.0 Å². The second kappa shape index (κ2) is 9.13. The van der Waals surface area contributed by atoms with Gasteiger partial charge in [-0.3, -0.25) is 19.8 Å². The van der Waals surface area contributed by atoms with Gasteiger partial charge in [-0.1, -0.05) is 39.0 Å². The summed E-state index contributed by atoms with van der Waals surface area (Å²) >= 11 is 0. The van der Waals surface area contributed by atoms with Gasteiger partial charge in [0.2, 0.25) is 11.8 Å². The molecule has 2 N–H and O–H groups in total. The van der Waals surface area contributed by atoms with E-state index in [2.05, 4.69) is 17.7 Å². The van der Waals surface area contributed by atoms with Gasteiger partial charge in [0.05, 0.1) is 5.92 Å². The number of nitrogens with one attached hydrogen (secondary N) is 2. The van der Waals surface area contributed by atoms with Crippen LogP contribution in [0.1, 0.15) is 78.1 Å². The predicted octanol–water partition coefficient (Wildman–Crippen LogP) is 2.34. The third-order valence-electron chi connectivity index (χ3n) is 6.29. The Hall–Kier alpha value is -2.12. The molecule has 3 fully saturated rings. The van der Waals surface area contributed by atoms with Crippen LogP contribution in [0.2, 0.25) is 0 Å². The first-order valence-electron chi connectivity index (χ1n) is 11.1. The predicted molar refractivity (Wildman–Crippen MR) is 107 cm³/mol. The Bertz CT molecular complexity index is 663. The monoisotopic (exact) mass is 406 g/mol. The summed E-state index contributed by atoms with van der Waals surface area (Å²) in [4.78, 5) is 51.9. The molecule has 0 spiro atoms. The third kappa shape index (κ3) is 5.08. The van der Waals surface area contributed by atoms with E-state index in [4.69, 9.17) is 0 Å². The first-order chi connectivity index (χ1) is 13.9. The highest BCUT2D eigenvalue weighted by Gasteiger charge is 2.48. The van der Waals surface area contributed by atoms with Gasteiger partial charge in [-0.2, -0.15) is 5.01 Å². The number of unbranched alkanes of at least 4 members (excludes halogenated alkanes) is 4. The number of amides is 5. The van der Waals surface area contributed by atoms with E-state index in [0.29, 0.717) is 25.9 Å². The topological polar surface area (TPSA) is 98.8 Å². The zero-order valence-electron chi connectivity index (χ0n) is 17.7. The highest BCUT2D eigenvalue weighted by atomic mass is 16.2. The van der Waals surface area contributed by atoms with Crippen LogP contribution in [-0.4, -0.2) is 52.3 Å². The molecule has 29 heavy (non-hydrogen) atoms. The quantitative estimate of drug-likeness (QED) is 0.453. The van der Waals surface area contributed by atoms with Crippen molar-refractivity contribution < 1.29 is 19.2 Å². The Kier molecular flexibility index (Phi) is 6.80. The van der Waals surface area contributed by atoms with Crippen LogP contribution in [0.3, 0.4) is 0 Å². The molecule has 3 aliphatic rings. The maximum atomic E-state index is 12.8. The lowest BCUT2D eigenvalue weighted by Crippen LogP contribution is -2.53. The van der Waals surface area contributed by atoms with Crippen LogP contribution in [0.25, 0.3) is 0 Å². The summed E-state index contributed by atoms with van der Waals surface area (Å²) in [6.45, 7) is 4.91. The van der Waals surface area contributed by atoms with Crippen LogP contribution in [0, 0.1) is 11.8 Å². The van der Waals surface area contributed by atoms with Crippen LogP contribution in [0.4, 0.5) is 4.79 Å². The maximum absolute atomic E-state index is 12.8. The minimum Gasteiger partial charge on any atom is -0.342 e. The Morgan fingerprint density at radius 3 is 2.52 bits per heavy atom. The molecule has 0 radical (unpaired) electrons. The van der Waals surface area contributed by atoms with Crippen molar-refractivity contribution in [3.8, 4) is 0 Å². The summed E-state index contributed by atoms with van der Waals surface area (Å²) < 4.78 is 0. The summed E-state index contributed by atoms with van der Waals surface area (Å²) in [6, 6.07) is -0.582. The SMILES string of the molecule is CCCCCCCC1(C)NC(=O)N(NC(=O)C2CCCN(C(=O)C3CC3)C2)C1=O. The minimum atomic E-state index is -0.975. The van der Waals surface area contributed by atoms with E-state index in [1.807, 2.05) is 0 Å². The van der Waals surface area contributed by atoms with E-state index in [1.54, 1.807) is 11.8 Å². The number of hydrazine groups is 1. The van der Waals surface area contributed by atoms with Gasteiger partial charge in [0.25, 0.3) is 5.91 Å². The minimum absolute atomic E-state index is 0.126. The second-order valence-corrected chi connectivity index (χ2v) is 8.94. The first-order valence-corrected chi connectivity index (χ1v) is 11.1. The smallest absolute Gasteiger partial charge is 0.342 e. The van der Waals surface area contributed by atoms with Gasteiger partial charge in [-0.15, -0.1) is 0 Å². The molecule has 0 bridgehead atoms. The van der Waals surface area contributed by atoms with Gasteiger partial charge >= 0.3 is 6.03 Å². The summed E-state index contributed by atoms with van der Waals surface area (Å²) in [7, 11) is 0. The molecule has 8 heteroatoms. The van der Waals surface area contributed by atoms with E-state index in [-0.39, 0.29) is 17.7 Å². The Balaban J connectivity index is 1.52. The van der Waals surface area contributed by atoms with E-state index in [0.717, 1.165) is 50.0 Å². The molecule has 162 valence electrons. The molecule has 2 aliphatic heterocycles. The molecule has 1 aliphatic carbocycles. The van der Waals surface area contributed by atoms with E-state index in [9.17, 15) is 19.2 Å². The van der Waals surface area contributed by atoms with Gasteiger partial charge in [-0.05, 0) is 39.0 Å². The average molecular weight is 407 g/mol. The molecular formula is C21H34N4O4. The van der Waals surface area contributed by atoms with Crippen molar-refractivity contribution in [2.24, 2.45) is 11.8 Å². The molecule has 5 amide bonds. The second-order valence-electron chi connectivity index (χ2n) is 8.94. The van der Waals surface area contributed by atoms with Crippen molar-refractivity contribution in [2.45, 2.75) is 83.6 Å². The largest absolute Gasteiger partial charge is 0.344 e. The van der Waals surface area contributed by atoms with Crippen LogP contribution in [0.5, 0.6) is 0 Å². The van der Waals surface area contributed by atoms with Gasteiger partial charge in [-0.25, -0.2) is 4.79 Å². The lowest BCUT2D eigenvalue weighted by molar-refractivity contribution is -0.143. The van der Waals surface area contributed by atoms with Crippen LogP contribution in [-0.2, 0) is 14.4 Å². The fourth-order valence-electron chi connectivity index (χ4n) is 4.22. The van der Waals surface area contributed by atoms with E-state index in [1.165, 1.54) is 6.42 Å². The standard InChI is InChI=1S/C21H34N4O4/c1-3-4-5-6-7-12-21(2)19(28)25(20(29)22-21)23-17(26)16-9-8-13-24(14-16)18(27)15-10-11-15/h15-16H,3-14H2,1-2H3,(H,22,29)(H,23,26). The van der Waals surface area contributed by atoms with Crippen LogP contribution in [0.15, 0.2) is 0 Å². The summed E-state index contributed by atoms with van der Waals surface area (Å²) in [5, 5.41) is 3.57. The highest BCUT2D eigenvalue weighted by Crippen LogP contribution is 2.32. The van der Waals surface area contributed by atoms with Crippen LogP contribution >= 0.6 is 0 Å². The number of urea groups is 1. The number of carbonyl (C=O) groups is 4. The molecular weight excluding hydrogens is 372 g/mol. The summed E-state index contributed by atoms with van der Waals surface area (Å²) in [5.41, 5.74) is 1.54. The summed E-state index contributed by atoms with van der Waals surface area (Å²) in [6.07, 6.45) is 9.14. The molecule has 3 rings (SSSR count). The van der Waals surface area contributed by atoms with Crippen molar-refractivity contribution in [3.05, 3.63) is 0 Å². The van der Waals surface area contributed by atoms with Crippen molar-refractivity contribution in [1.82, 2.24) is 20.7 Å². The number of nitrogens with zero attached hydrogens (tertiary/aromatic N) is 2. The lowest BCUT2D eigenvalue weighted by atomic mass is 9.94. The summed E-state index contributed by atoms with van der Waals surface area (Å²) in [5.74, 6) is -0.913.